The Morgan fingerprint density at radius 3 is 2.20 bits per heavy atom. The smallest absolute Gasteiger partial charge is 0.305 e. The maximum absolute atomic E-state index is 15.2. The first-order valence-electron chi connectivity index (χ1n) is 24.1. The van der Waals surface area contributed by atoms with Crippen molar-refractivity contribution < 1.29 is 57.7 Å². The number of rotatable bonds is 29. The lowest BCUT2D eigenvalue weighted by atomic mass is 9.82. The molecule has 17 nitrogen and oxygen atoms in total. The van der Waals surface area contributed by atoms with Crippen LogP contribution in [0.1, 0.15) is 116 Å². The number of carboxylic acid groups (broad SMARTS) is 1. The van der Waals surface area contributed by atoms with Crippen LogP contribution in [-0.2, 0) is 40.1 Å². The van der Waals surface area contributed by atoms with E-state index >= 15 is 4.39 Å². The molecule has 8 N–H and O–H groups in total. The van der Waals surface area contributed by atoms with Gasteiger partial charge in [0.05, 0.1) is 31.4 Å². The Morgan fingerprint density at radius 2 is 1.59 bits per heavy atom. The summed E-state index contributed by atoms with van der Waals surface area (Å²) in [5.74, 6) is -7.01. The molecule has 0 radical (unpaired) electrons. The van der Waals surface area contributed by atoms with Gasteiger partial charge in [0.15, 0.2) is 0 Å². The number of hydrogen-bond acceptors (Lipinski definition) is 11. The van der Waals surface area contributed by atoms with Gasteiger partial charge in [-0.05, 0) is 73.6 Å². The predicted octanol–water partition coefficient (Wildman–Crippen LogP) is 4.86. The molecule has 0 aliphatic carbocycles. The lowest BCUT2D eigenvalue weighted by molar-refractivity contribution is -0.141. The zero-order chi connectivity index (χ0) is 52.6. The van der Waals surface area contributed by atoms with E-state index in [-0.39, 0.29) is 61.0 Å². The number of unbranched alkanes of at least 4 members (excludes halogenated alkanes) is 2. The first-order chi connectivity index (χ1) is 33.6. The van der Waals surface area contributed by atoms with Crippen molar-refractivity contribution in [3.05, 3.63) is 83.7 Å². The summed E-state index contributed by atoms with van der Waals surface area (Å²) in [4.78, 5) is 92.8. The molecule has 1 aliphatic heterocycles. The van der Waals surface area contributed by atoms with Crippen LogP contribution in [0.25, 0.3) is 11.1 Å². The zero-order valence-electron chi connectivity index (χ0n) is 41.5. The molecule has 1 fully saturated rings. The van der Waals surface area contributed by atoms with Crippen molar-refractivity contribution in [1.82, 2.24) is 30.3 Å². The van der Waals surface area contributed by atoms with Crippen LogP contribution in [0, 0.1) is 23.0 Å². The van der Waals surface area contributed by atoms with Gasteiger partial charge >= 0.3 is 5.97 Å². The van der Waals surface area contributed by atoms with Crippen molar-refractivity contribution in [3.8, 4) is 11.1 Å². The lowest BCUT2D eigenvalue weighted by Gasteiger charge is -2.43. The Hall–Kier alpha value is -5.70. The maximum atomic E-state index is 15.2. The first kappa shape index (κ1) is 57.9. The van der Waals surface area contributed by atoms with E-state index in [1.165, 1.54) is 4.90 Å². The summed E-state index contributed by atoms with van der Waals surface area (Å²) >= 11 is 1.60. The van der Waals surface area contributed by atoms with Gasteiger partial charge in [0, 0.05) is 66.8 Å². The van der Waals surface area contributed by atoms with Gasteiger partial charge in [0.25, 0.3) is 0 Å². The van der Waals surface area contributed by atoms with E-state index in [0.717, 1.165) is 36.6 Å². The molecule has 390 valence electrons. The lowest BCUT2D eigenvalue weighted by Crippen LogP contribution is -2.55. The highest BCUT2D eigenvalue weighted by atomic mass is 32.2. The molecule has 2 heterocycles. The molecule has 3 aromatic rings. The van der Waals surface area contributed by atoms with E-state index in [2.05, 4.69) is 16.0 Å². The number of hydrogen-bond donors (Lipinski definition) is 7. The van der Waals surface area contributed by atoms with Crippen LogP contribution >= 0.6 is 11.8 Å². The Bertz CT molecular complexity index is 2310. The molecule has 0 spiro atoms. The molecule has 0 bridgehead atoms. The number of benzene rings is 2. The van der Waals surface area contributed by atoms with Crippen molar-refractivity contribution in [1.29, 1.82) is 0 Å². The third-order valence-corrected chi connectivity index (χ3v) is 14.7. The highest BCUT2D eigenvalue weighted by molar-refractivity contribution is 8.00. The monoisotopic (exact) mass is 1010 g/mol. The minimum Gasteiger partial charge on any atom is -0.481 e. The van der Waals surface area contributed by atoms with Crippen molar-refractivity contribution in [2.45, 2.75) is 134 Å². The van der Waals surface area contributed by atoms with Crippen LogP contribution in [0.15, 0.2) is 60.8 Å². The summed E-state index contributed by atoms with van der Waals surface area (Å²) in [5.41, 5.74) is 6.72. The predicted molar refractivity (Wildman–Crippen MR) is 265 cm³/mol. The van der Waals surface area contributed by atoms with E-state index in [1.807, 2.05) is 75.8 Å². The molecule has 4 rings (SSSR count). The van der Waals surface area contributed by atoms with Gasteiger partial charge < -0.3 is 41.6 Å². The number of carboxylic acids is 1. The zero-order valence-corrected chi connectivity index (χ0v) is 42.4. The second-order valence-corrected chi connectivity index (χ2v) is 20.3. The standard InChI is InChI=1S/C51H71F2N7O10S/c1-7-51(8-2,71-6)36-26-43(64)60(49(36)70)22-14-10-13-18-42(63)56-39(28-45(66)67)48(69)57-38(27-41(54)62)47(68)55-21-15-23-59(44(65)31-61)46(50(3,4)5)40-24-33(35-25-34(52)19-20-37(35)53)30-58(40)29-32-16-11-9-12-17-32/h9,11-12,16-17,19-20,24-25,30,36,38-39,44,46,61,65H,7-8,10,13-15,18,21-23,26-29,31H2,1-6H3,(H2,54,62)(H,55,68)(H,56,63)(H,57,69)(H,66,67)/t36?,38-,39-,44?,46-/m0/s1. The number of nitrogens with zero attached hydrogens (tertiary/aromatic N) is 3. The van der Waals surface area contributed by atoms with Gasteiger partial charge in [-0.2, -0.15) is 11.8 Å². The van der Waals surface area contributed by atoms with Crippen LogP contribution in [0.5, 0.6) is 0 Å². The minimum absolute atomic E-state index is 0.0336. The molecule has 2 aromatic carbocycles. The topological polar surface area (TPSA) is 254 Å². The highest BCUT2D eigenvalue weighted by Crippen LogP contribution is 2.44. The fourth-order valence-electron chi connectivity index (χ4n) is 9.37. The summed E-state index contributed by atoms with van der Waals surface area (Å²) < 4.78 is 31.2. The van der Waals surface area contributed by atoms with Gasteiger partial charge in [-0.15, -0.1) is 0 Å². The average molecular weight is 1010 g/mol. The number of aromatic nitrogens is 1. The van der Waals surface area contributed by atoms with Crippen LogP contribution < -0.4 is 21.7 Å². The van der Waals surface area contributed by atoms with Gasteiger partial charge in [-0.3, -0.25) is 43.4 Å². The summed E-state index contributed by atoms with van der Waals surface area (Å²) in [6.45, 7) is 9.63. The fraction of sp³-hybridized carbons (Fsp3) is 0.549. The maximum Gasteiger partial charge on any atom is 0.305 e. The number of likely N-dealkylation sites (tertiary alicyclic amines) is 1. The molecule has 5 atom stereocenters. The van der Waals surface area contributed by atoms with Crippen LogP contribution in [-0.4, -0.2) is 127 Å². The Morgan fingerprint density at radius 1 is 0.915 bits per heavy atom. The van der Waals surface area contributed by atoms with Gasteiger partial charge in [-0.1, -0.05) is 71.4 Å². The third kappa shape index (κ3) is 15.9. The number of carbonyl (C=O) groups excluding carboxylic acids is 6. The summed E-state index contributed by atoms with van der Waals surface area (Å²) in [6, 6.07) is 10.5. The van der Waals surface area contributed by atoms with E-state index < -0.39 is 96.4 Å². The fourth-order valence-corrected chi connectivity index (χ4v) is 10.4. The van der Waals surface area contributed by atoms with Crippen molar-refractivity contribution in [2.75, 3.05) is 32.5 Å². The summed E-state index contributed by atoms with van der Waals surface area (Å²) in [5, 5.41) is 38.6. The Balaban J connectivity index is 1.41. The number of nitrogens with one attached hydrogen (secondary N) is 3. The van der Waals surface area contributed by atoms with Gasteiger partial charge in [-0.25, -0.2) is 8.78 Å². The molecule has 20 heteroatoms. The molecular weight excluding hydrogens is 941 g/mol. The normalized spacial score (nSPS) is 15.9. The third-order valence-electron chi connectivity index (χ3n) is 13.1. The van der Waals surface area contributed by atoms with Gasteiger partial charge in [0.2, 0.25) is 35.4 Å². The van der Waals surface area contributed by atoms with Crippen molar-refractivity contribution in [2.24, 2.45) is 17.1 Å². The average Bonchev–Trinajstić information content (AvgIpc) is 3.85. The Labute approximate surface area is 418 Å². The molecule has 2 unspecified atom stereocenters. The molecule has 1 aliphatic rings. The number of aliphatic carboxylic acids is 1. The molecule has 71 heavy (non-hydrogen) atoms. The number of amides is 6. The van der Waals surface area contributed by atoms with E-state index in [1.54, 1.807) is 28.9 Å². The number of nitrogens with two attached hydrogens (primary N) is 1. The second kappa shape index (κ2) is 26.7. The molecule has 1 saturated heterocycles. The van der Waals surface area contributed by atoms with Crippen LogP contribution in [0.2, 0.25) is 0 Å². The number of thioether (sulfide) groups is 1. The number of aliphatic hydroxyl groups is 2. The van der Waals surface area contributed by atoms with Crippen LogP contribution in [0.3, 0.4) is 0 Å². The second-order valence-electron chi connectivity index (χ2n) is 19.1. The van der Waals surface area contributed by atoms with Gasteiger partial charge in [0.1, 0.15) is 29.9 Å². The highest BCUT2D eigenvalue weighted by Gasteiger charge is 2.49. The largest absolute Gasteiger partial charge is 0.481 e. The first-order valence-corrected chi connectivity index (χ1v) is 25.3. The SMILES string of the molecule is CCC(CC)(SC)C1CC(=O)N(CCCCCC(=O)N[C@@H](CC(=O)O)C(=O)N[C@@H](CC(N)=O)C(=O)NCCCN(C(O)CO)[C@@H](c2cc(-c3cc(F)ccc3F)cn2Cc2ccccc2)C(C)(C)C)C1=O. The molecular formula is C51H71F2N7O10S. The molecule has 0 saturated carbocycles. The number of primary amides is 1. The number of aliphatic hydroxyl groups excluding tert-OH is 2. The Kier molecular flexibility index (Phi) is 21.7. The summed E-state index contributed by atoms with van der Waals surface area (Å²) in [7, 11) is 0. The number of carbonyl (C=O) groups is 7. The number of halogens is 2. The van der Waals surface area contributed by atoms with E-state index in [9.17, 15) is 53.3 Å². The quantitative estimate of drug-likeness (QED) is 0.0280. The van der Waals surface area contributed by atoms with Crippen LogP contribution in [0.4, 0.5) is 8.78 Å². The minimum atomic E-state index is -1.63. The molecule has 6 amide bonds. The van der Waals surface area contributed by atoms with E-state index in [4.69, 9.17) is 5.73 Å². The molecule has 1 aromatic heterocycles. The van der Waals surface area contributed by atoms with E-state index in [0.29, 0.717) is 37.1 Å². The number of imide groups is 1. The van der Waals surface area contributed by atoms with Crippen molar-refractivity contribution >= 4 is 53.2 Å². The van der Waals surface area contributed by atoms with Crippen molar-refractivity contribution in [3.63, 3.8) is 0 Å². The summed E-state index contributed by atoms with van der Waals surface area (Å²) in [6.07, 6.45) is 3.61.